The predicted molar refractivity (Wildman–Crippen MR) is 179 cm³/mol. The van der Waals surface area contributed by atoms with E-state index in [1.807, 2.05) is 0 Å². The van der Waals surface area contributed by atoms with E-state index < -0.39 is 0 Å². The zero-order valence-electron chi connectivity index (χ0n) is 25.8. The van der Waals surface area contributed by atoms with Crippen LogP contribution in [0.15, 0.2) is 107 Å². The number of hydrogen-bond acceptors (Lipinski definition) is 2. The lowest BCUT2D eigenvalue weighted by Crippen LogP contribution is -2.28. The summed E-state index contributed by atoms with van der Waals surface area (Å²) in [5, 5.41) is 3.52. The smallest absolute Gasteiger partial charge is 0.210 e. The number of anilines is 1. The summed E-state index contributed by atoms with van der Waals surface area (Å²) in [5.74, 6) is 0. The molecule has 6 rings (SSSR count). The molecule has 0 saturated carbocycles. The lowest BCUT2D eigenvalue weighted by molar-refractivity contribution is -0.401. The highest BCUT2D eigenvalue weighted by Gasteiger charge is 2.44. The number of hydrogen-bond donors (Lipinski definition) is 0. The molecular weight excluding hydrogens is 536 g/mol. The Morgan fingerprint density at radius 1 is 0.905 bits per heavy atom. The fraction of sp³-hybridized carbons (Fsp3) is 0.342. The lowest BCUT2D eigenvalue weighted by atomic mass is 9.79. The van der Waals surface area contributed by atoms with Gasteiger partial charge in [-0.3, -0.25) is 0 Å². The Labute approximate surface area is 256 Å². The quantitative estimate of drug-likeness (QED) is 0.271. The molecule has 1 aliphatic carbocycles. The molecule has 0 unspecified atom stereocenters. The van der Waals surface area contributed by atoms with Crippen molar-refractivity contribution in [2.45, 2.75) is 57.8 Å². The monoisotopic (exact) mass is 577 g/mol. The zero-order valence-corrected chi connectivity index (χ0v) is 26.6. The number of allylic oxidation sites excluding steroid dienone is 8. The van der Waals surface area contributed by atoms with Crippen molar-refractivity contribution in [1.82, 2.24) is 0 Å². The van der Waals surface area contributed by atoms with Gasteiger partial charge in [-0.05, 0) is 78.8 Å². The van der Waals surface area contributed by atoms with Crippen molar-refractivity contribution in [3.8, 4) is 0 Å². The second-order valence-corrected chi connectivity index (χ2v) is 13.2. The van der Waals surface area contributed by atoms with Gasteiger partial charge in [0, 0.05) is 53.2 Å². The van der Waals surface area contributed by atoms with E-state index in [4.69, 9.17) is 16.3 Å². The fourth-order valence-electron chi connectivity index (χ4n) is 7.33. The second kappa shape index (κ2) is 11.0. The molecule has 0 fully saturated rings. The number of rotatable bonds is 6. The highest BCUT2D eigenvalue weighted by Crippen LogP contribution is 2.48. The first kappa shape index (κ1) is 28.7. The van der Waals surface area contributed by atoms with Gasteiger partial charge in [0.25, 0.3) is 0 Å². The van der Waals surface area contributed by atoms with E-state index in [2.05, 4.69) is 129 Å². The van der Waals surface area contributed by atoms with Crippen LogP contribution in [-0.4, -0.2) is 37.6 Å². The average molecular weight is 578 g/mol. The third-order valence-corrected chi connectivity index (χ3v) is 10.0. The molecule has 3 aromatic carbocycles. The third-order valence-electron chi connectivity index (χ3n) is 9.55. The molecule has 0 atom stereocenters. The standard InChI is InChI=1S/C38H42ClN2O/c1-37(2)30-16-9-10-17-31(30)41(24-25-42-6)34(37)23-20-28-14-11-13-27(36(28)39)19-22-33-38(3,4)35-29-15-8-7-12-26(29)18-21-32(35)40(33)5/h7-10,12,15-23H,11,13-14,24-25H2,1-6H3/q+1. The van der Waals surface area contributed by atoms with Crippen molar-refractivity contribution in [3.05, 3.63) is 118 Å². The lowest BCUT2D eigenvalue weighted by Gasteiger charge is -2.27. The van der Waals surface area contributed by atoms with Crippen LogP contribution in [0.2, 0.25) is 0 Å². The zero-order chi connectivity index (χ0) is 29.6. The van der Waals surface area contributed by atoms with Gasteiger partial charge in [-0.15, -0.1) is 0 Å². The van der Waals surface area contributed by atoms with Gasteiger partial charge in [0.1, 0.15) is 7.05 Å². The van der Waals surface area contributed by atoms with Gasteiger partial charge in [-0.2, -0.15) is 4.58 Å². The van der Waals surface area contributed by atoms with Gasteiger partial charge in [0.05, 0.1) is 12.0 Å². The molecule has 216 valence electrons. The van der Waals surface area contributed by atoms with Crippen LogP contribution < -0.4 is 4.90 Å². The molecule has 0 spiro atoms. The van der Waals surface area contributed by atoms with E-state index in [1.165, 1.54) is 55.8 Å². The molecular formula is C38H42ClN2O+. The number of ether oxygens (including phenoxy) is 1. The Kier molecular flexibility index (Phi) is 7.53. The Morgan fingerprint density at radius 2 is 1.67 bits per heavy atom. The van der Waals surface area contributed by atoms with E-state index in [0.717, 1.165) is 30.8 Å². The Bertz CT molecular complexity index is 1720. The molecule has 42 heavy (non-hydrogen) atoms. The van der Waals surface area contributed by atoms with Crippen LogP contribution in [0.4, 0.5) is 11.4 Å². The number of halogens is 1. The fourth-order valence-corrected chi connectivity index (χ4v) is 7.64. The maximum atomic E-state index is 7.15. The average Bonchev–Trinajstić information content (AvgIpc) is 3.32. The van der Waals surface area contributed by atoms with E-state index >= 15 is 0 Å². The molecule has 3 aromatic rings. The molecule has 0 saturated heterocycles. The van der Waals surface area contributed by atoms with E-state index in [-0.39, 0.29) is 10.8 Å². The van der Waals surface area contributed by atoms with Gasteiger partial charge >= 0.3 is 0 Å². The third kappa shape index (κ3) is 4.68. The van der Waals surface area contributed by atoms with Crippen molar-refractivity contribution < 1.29 is 9.31 Å². The molecule has 3 aliphatic rings. The summed E-state index contributed by atoms with van der Waals surface area (Å²) in [4.78, 5) is 2.41. The van der Waals surface area contributed by atoms with Gasteiger partial charge in [0.15, 0.2) is 5.71 Å². The molecule has 3 nitrogen and oxygen atoms in total. The number of benzene rings is 3. The number of nitrogens with zero attached hydrogens (tertiary/aromatic N) is 2. The Balaban J connectivity index is 1.33. The molecule has 0 bridgehead atoms. The molecule has 0 radical (unpaired) electrons. The topological polar surface area (TPSA) is 15.5 Å². The van der Waals surface area contributed by atoms with Gasteiger partial charge < -0.3 is 9.64 Å². The summed E-state index contributed by atoms with van der Waals surface area (Å²) in [6, 6.07) is 21.9. The van der Waals surface area contributed by atoms with Crippen molar-refractivity contribution in [2.75, 3.05) is 32.2 Å². The van der Waals surface area contributed by atoms with Crippen LogP contribution in [0, 0.1) is 0 Å². The summed E-state index contributed by atoms with van der Waals surface area (Å²) >= 11 is 7.15. The second-order valence-electron chi connectivity index (χ2n) is 12.8. The van der Waals surface area contributed by atoms with E-state index in [1.54, 1.807) is 7.11 Å². The molecule has 4 heteroatoms. The first-order chi connectivity index (χ1) is 20.2. The number of para-hydroxylation sites is 1. The van der Waals surface area contributed by atoms with E-state index in [0.29, 0.717) is 6.61 Å². The maximum absolute atomic E-state index is 7.15. The molecule has 0 N–H and O–H groups in total. The van der Waals surface area contributed by atoms with Gasteiger partial charge in [-0.1, -0.05) is 80.1 Å². The van der Waals surface area contributed by atoms with Crippen LogP contribution in [0.3, 0.4) is 0 Å². The van der Waals surface area contributed by atoms with Gasteiger partial charge in [-0.25, -0.2) is 0 Å². The largest absolute Gasteiger partial charge is 0.383 e. The van der Waals surface area contributed by atoms with E-state index in [9.17, 15) is 0 Å². The predicted octanol–water partition coefficient (Wildman–Crippen LogP) is 9.33. The van der Waals surface area contributed by atoms with Crippen LogP contribution in [0.5, 0.6) is 0 Å². The van der Waals surface area contributed by atoms with Crippen LogP contribution in [-0.2, 0) is 15.6 Å². The Hall–Kier alpha value is -3.40. The highest BCUT2D eigenvalue weighted by molar-refractivity contribution is 6.32. The summed E-state index contributed by atoms with van der Waals surface area (Å²) in [6.07, 6.45) is 12.2. The Morgan fingerprint density at radius 3 is 2.48 bits per heavy atom. The van der Waals surface area contributed by atoms with Crippen molar-refractivity contribution in [3.63, 3.8) is 0 Å². The normalized spacial score (nSPS) is 21.4. The summed E-state index contributed by atoms with van der Waals surface area (Å²) in [6.45, 7) is 10.8. The first-order valence-corrected chi connectivity index (χ1v) is 15.5. The highest BCUT2D eigenvalue weighted by atomic mass is 35.5. The van der Waals surface area contributed by atoms with Crippen molar-refractivity contribution in [2.24, 2.45) is 0 Å². The van der Waals surface area contributed by atoms with Crippen LogP contribution in [0.25, 0.3) is 10.8 Å². The van der Waals surface area contributed by atoms with Crippen LogP contribution in [0.1, 0.15) is 58.1 Å². The summed E-state index contributed by atoms with van der Waals surface area (Å²) in [5.41, 5.74) is 10.1. The van der Waals surface area contributed by atoms with Crippen LogP contribution >= 0.6 is 11.6 Å². The minimum atomic E-state index is -0.110. The molecule has 0 amide bonds. The minimum Gasteiger partial charge on any atom is -0.383 e. The number of fused-ring (bicyclic) bond motifs is 4. The summed E-state index contributed by atoms with van der Waals surface area (Å²) in [7, 11) is 3.96. The first-order valence-electron chi connectivity index (χ1n) is 15.1. The molecule has 0 aromatic heterocycles. The number of methoxy groups -OCH3 is 1. The molecule has 2 heterocycles. The SMILES string of the molecule is COCCN1C(=CC=C2CCCC(C=CC3=[N+](C)c4ccc5ccccc5c4C3(C)C)=C2Cl)C(C)(C)c2ccccc21. The van der Waals surface area contributed by atoms with Crippen molar-refractivity contribution in [1.29, 1.82) is 0 Å². The summed E-state index contributed by atoms with van der Waals surface area (Å²) < 4.78 is 7.82. The molecule has 2 aliphatic heterocycles. The van der Waals surface area contributed by atoms with Crippen molar-refractivity contribution >= 4 is 39.5 Å². The minimum absolute atomic E-state index is 0.0938. The van der Waals surface area contributed by atoms with Gasteiger partial charge in [0.2, 0.25) is 5.69 Å². The maximum Gasteiger partial charge on any atom is 0.210 e.